The Morgan fingerprint density at radius 2 is 1.89 bits per heavy atom. The Bertz CT molecular complexity index is 514. The van der Waals surface area contributed by atoms with E-state index in [0.717, 1.165) is 11.8 Å². The smallest absolute Gasteiger partial charge is 0.322 e. The quantitative estimate of drug-likeness (QED) is 0.714. The highest BCUT2D eigenvalue weighted by Crippen LogP contribution is 2.26. The van der Waals surface area contributed by atoms with E-state index < -0.39 is 16.1 Å². The number of carbonyl (C=O) groups is 1. The van der Waals surface area contributed by atoms with Gasteiger partial charge in [0.25, 0.3) is 0 Å². The molecule has 2 amide bonds. The summed E-state index contributed by atoms with van der Waals surface area (Å²) in [6.45, 7) is 1.90. The third-order valence-corrected chi connectivity index (χ3v) is 3.57. The van der Waals surface area contributed by atoms with Crippen LogP contribution in [0.3, 0.4) is 0 Å². The van der Waals surface area contributed by atoms with Gasteiger partial charge in [0.05, 0.1) is 6.26 Å². The molecule has 1 aromatic carbocycles. The molecule has 100 valence electrons. The van der Waals surface area contributed by atoms with E-state index >= 15 is 0 Å². The highest BCUT2D eigenvalue weighted by Gasteiger charge is 2.08. The predicted molar refractivity (Wildman–Crippen MR) is 73.6 cm³/mol. The lowest BCUT2D eigenvalue weighted by atomic mass is 10.1. The number of urea groups is 1. The number of hydrogen-bond donors (Lipinski definition) is 3. The van der Waals surface area contributed by atoms with Crippen LogP contribution in [0.15, 0.2) is 24.3 Å². The molecule has 0 saturated heterocycles. The van der Waals surface area contributed by atoms with Gasteiger partial charge >= 0.3 is 6.03 Å². The van der Waals surface area contributed by atoms with Crippen molar-refractivity contribution in [2.24, 2.45) is 5.73 Å². The van der Waals surface area contributed by atoms with Crippen LogP contribution in [0.5, 0.6) is 0 Å². The molecule has 4 N–H and O–H groups in total. The van der Waals surface area contributed by atoms with Gasteiger partial charge in [0, 0.05) is 10.9 Å². The SMILES string of the molecule is C[C@H](SNC(N)=O)c1ccc(NS(C)(=O)=O)cc1. The molecule has 6 nitrogen and oxygen atoms in total. The highest BCUT2D eigenvalue weighted by atomic mass is 32.2. The standard InChI is InChI=1S/C10H15N3O3S2/c1-7(17-12-10(11)14)8-3-5-9(6-4-8)13-18(2,15)16/h3-7,13H,1-2H3,(H3,11,12,14)/t7-/m0/s1. The summed E-state index contributed by atoms with van der Waals surface area (Å²) in [6, 6.07) is 6.30. The molecule has 0 saturated carbocycles. The summed E-state index contributed by atoms with van der Waals surface area (Å²) >= 11 is 1.19. The zero-order chi connectivity index (χ0) is 13.8. The minimum Gasteiger partial charge on any atom is -0.351 e. The van der Waals surface area contributed by atoms with E-state index in [1.807, 2.05) is 6.92 Å². The summed E-state index contributed by atoms with van der Waals surface area (Å²) in [5, 5.41) is 0.0183. The van der Waals surface area contributed by atoms with Crippen molar-refractivity contribution in [1.29, 1.82) is 0 Å². The topological polar surface area (TPSA) is 101 Å². The number of nitrogens with one attached hydrogen (secondary N) is 2. The van der Waals surface area contributed by atoms with Gasteiger partial charge in [-0.15, -0.1) is 0 Å². The Morgan fingerprint density at radius 3 is 2.33 bits per heavy atom. The second kappa shape index (κ2) is 5.96. The highest BCUT2D eigenvalue weighted by molar-refractivity contribution is 7.98. The molecule has 0 spiro atoms. The summed E-state index contributed by atoms with van der Waals surface area (Å²) < 4.78 is 26.9. The van der Waals surface area contributed by atoms with Gasteiger partial charge in [-0.2, -0.15) is 0 Å². The van der Waals surface area contributed by atoms with Crippen LogP contribution >= 0.6 is 11.9 Å². The zero-order valence-electron chi connectivity index (χ0n) is 10.0. The molecule has 0 radical (unpaired) electrons. The first-order chi connectivity index (χ1) is 8.28. The van der Waals surface area contributed by atoms with E-state index in [1.165, 1.54) is 11.9 Å². The molecule has 0 unspecified atom stereocenters. The maximum atomic E-state index is 11.0. The van der Waals surface area contributed by atoms with Crippen LogP contribution in [0.25, 0.3) is 0 Å². The number of primary amides is 1. The first kappa shape index (κ1) is 14.7. The minimum absolute atomic E-state index is 0.0183. The van der Waals surface area contributed by atoms with Crippen LogP contribution in [0.2, 0.25) is 0 Å². The molecule has 0 aliphatic rings. The number of amides is 2. The molecule has 1 rings (SSSR count). The number of hydrogen-bond acceptors (Lipinski definition) is 4. The van der Waals surface area contributed by atoms with Crippen molar-refractivity contribution in [3.63, 3.8) is 0 Å². The zero-order valence-corrected chi connectivity index (χ0v) is 11.6. The Balaban J connectivity index is 2.67. The lowest BCUT2D eigenvalue weighted by Crippen LogP contribution is -2.23. The van der Waals surface area contributed by atoms with Crippen molar-refractivity contribution in [1.82, 2.24) is 4.72 Å². The fraction of sp³-hybridized carbons (Fsp3) is 0.300. The fourth-order valence-corrected chi connectivity index (χ4v) is 2.40. The second-order valence-corrected chi connectivity index (χ2v) is 6.62. The van der Waals surface area contributed by atoms with Crippen LogP contribution in [0.1, 0.15) is 17.7 Å². The molecule has 0 aliphatic carbocycles. The van der Waals surface area contributed by atoms with Gasteiger partial charge in [-0.3, -0.25) is 9.44 Å². The molecule has 0 aromatic heterocycles. The number of sulfonamides is 1. The molecular formula is C10H15N3O3S2. The summed E-state index contributed by atoms with van der Waals surface area (Å²) in [4.78, 5) is 10.6. The molecule has 0 bridgehead atoms. The minimum atomic E-state index is -3.26. The summed E-state index contributed by atoms with van der Waals surface area (Å²) in [5.74, 6) is 0. The van der Waals surface area contributed by atoms with Crippen molar-refractivity contribution >= 4 is 33.7 Å². The Labute approximate surface area is 111 Å². The van der Waals surface area contributed by atoms with Crippen molar-refractivity contribution < 1.29 is 13.2 Å². The maximum Gasteiger partial charge on any atom is 0.322 e. The number of anilines is 1. The van der Waals surface area contributed by atoms with E-state index in [0.29, 0.717) is 5.69 Å². The molecule has 0 aliphatic heterocycles. The van der Waals surface area contributed by atoms with E-state index in [-0.39, 0.29) is 5.25 Å². The van der Waals surface area contributed by atoms with Gasteiger partial charge in [0.2, 0.25) is 10.0 Å². The molecule has 0 fully saturated rings. The van der Waals surface area contributed by atoms with E-state index in [2.05, 4.69) is 9.44 Å². The Morgan fingerprint density at radius 1 is 1.33 bits per heavy atom. The van der Waals surface area contributed by atoms with Gasteiger partial charge in [-0.1, -0.05) is 12.1 Å². The summed E-state index contributed by atoms with van der Waals surface area (Å²) in [7, 11) is -3.26. The Kier molecular flexibility index (Phi) is 4.85. The van der Waals surface area contributed by atoms with Crippen molar-refractivity contribution in [3.8, 4) is 0 Å². The summed E-state index contributed by atoms with van der Waals surface area (Å²) in [6.07, 6.45) is 1.09. The first-order valence-electron chi connectivity index (χ1n) is 5.07. The van der Waals surface area contributed by atoms with Crippen molar-refractivity contribution in [2.75, 3.05) is 11.0 Å². The van der Waals surface area contributed by atoms with E-state index in [4.69, 9.17) is 5.73 Å². The van der Waals surface area contributed by atoms with Crippen molar-refractivity contribution in [3.05, 3.63) is 29.8 Å². The molecule has 18 heavy (non-hydrogen) atoms. The average Bonchev–Trinajstić information content (AvgIpc) is 2.24. The largest absolute Gasteiger partial charge is 0.351 e. The van der Waals surface area contributed by atoms with Gasteiger partial charge < -0.3 is 5.73 Å². The third kappa shape index (κ3) is 5.28. The number of benzene rings is 1. The lowest BCUT2D eigenvalue weighted by molar-refractivity contribution is 0.254. The van der Waals surface area contributed by atoms with Gasteiger partial charge in [-0.25, -0.2) is 13.2 Å². The number of carbonyl (C=O) groups excluding carboxylic acids is 1. The van der Waals surface area contributed by atoms with Gasteiger partial charge in [0.15, 0.2) is 0 Å². The molecule has 1 atom stereocenters. The van der Waals surface area contributed by atoms with Gasteiger partial charge in [-0.05, 0) is 36.6 Å². The monoisotopic (exact) mass is 289 g/mol. The van der Waals surface area contributed by atoms with Crippen LogP contribution in [0, 0.1) is 0 Å². The first-order valence-corrected chi connectivity index (χ1v) is 7.84. The predicted octanol–water partition coefficient (Wildman–Crippen LogP) is 1.44. The fourth-order valence-electron chi connectivity index (χ4n) is 1.25. The van der Waals surface area contributed by atoms with Crippen molar-refractivity contribution in [2.45, 2.75) is 12.2 Å². The second-order valence-electron chi connectivity index (χ2n) is 3.72. The lowest BCUT2D eigenvalue weighted by Gasteiger charge is -2.12. The van der Waals surface area contributed by atoms with Crippen LogP contribution in [0.4, 0.5) is 10.5 Å². The molecule has 0 heterocycles. The number of nitrogens with two attached hydrogens (primary N) is 1. The molecule has 1 aromatic rings. The summed E-state index contributed by atoms with van der Waals surface area (Å²) in [5.41, 5.74) is 6.42. The third-order valence-electron chi connectivity index (χ3n) is 2.02. The van der Waals surface area contributed by atoms with Gasteiger partial charge in [0.1, 0.15) is 0 Å². The van der Waals surface area contributed by atoms with Crippen LogP contribution < -0.4 is 15.2 Å². The van der Waals surface area contributed by atoms with E-state index in [9.17, 15) is 13.2 Å². The van der Waals surface area contributed by atoms with E-state index in [1.54, 1.807) is 24.3 Å². The Hall–Kier alpha value is -1.41. The normalized spacial score (nSPS) is 12.8. The number of rotatable bonds is 5. The average molecular weight is 289 g/mol. The maximum absolute atomic E-state index is 11.0. The van der Waals surface area contributed by atoms with Crippen LogP contribution in [-0.4, -0.2) is 20.7 Å². The molecular weight excluding hydrogens is 274 g/mol. The van der Waals surface area contributed by atoms with Crippen LogP contribution in [-0.2, 0) is 10.0 Å². The molecule has 8 heteroatoms.